The SMILES string of the molecule is O=C1CC[C@@H]2CCCC=C12. The van der Waals surface area contributed by atoms with Crippen LogP contribution in [0.4, 0.5) is 0 Å². The molecule has 1 fully saturated rings. The first kappa shape index (κ1) is 6.14. The van der Waals surface area contributed by atoms with E-state index in [1.807, 2.05) is 0 Å². The number of fused-ring (bicyclic) bond motifs is 1. The smallest absolute Gasteiger partial charge is 0.158 e. The number of ketones is 1. The van der Waals surface area contributed by atoms with E-state index in [1.54, 1.807) is 0 Å². The number of hydrogen-bond acceptors (Lipinski definition) is 1. The highest BCUT2D eigenvalue weighted by Crippen LogP contribution is 2.35. The van der Waals surface area contributed by atoms with E-state index in [0.29, 0.717) is 11.7 Å². The fraction of sp³-hybridized carbons (Fsp3) is 0.667. The summed E-state index contributed by atoms with van der Waals surface area (Å²) in [6.45, 7) is 0. The van der Waals surface area contributed by atoms with E-state index in [-0.39, 0.29) is 0 Å². The summed E-state index contributed by atoms with van der Waals surface area (Å²) < 4.78 is 0. The van der Waals surface area contributed by atoms with Gasteiger partial charge in [0.1, 0.15) is 0 Å². The number of carbonyl (C=O) groups excluding carboxylic acids is 1. The number of Topliss-reactive ketones (excluding diaryl/α,β-unsaturated/α-hetero) is 1. The van der Waals surface area contributed by atoms with E-state index in [2.05, 4.69) is 6.08 Å². The number of carbonyl (C=O) groups is 1. The molecule has 2 rings (SSSR count). The van der Waals surface area contributed by atoms with E-state index in [9.17, 15) is 4.79 Å². The Balaban J connectivity index is 2.27. The topological polar surface area (TPSA) is 17.1 Å². The maximum absolute atomic E-state index is 11.1. The average molecular weight is 136 g/mol. The van der Waals surface area contributed by atoms with Crippen LogP contribution in [0.2, 0.25) is 0 Å². The molecule has 1 heteroatoms. The second-order valence-corrected chi connectivity index (χ2v) is 3.25. The van der Waals surface area contributed by atoms with Crippen molar-refractivity contribution in [2.75, 3.05) is 0 Å². The standard InChI is InChI=1S/C9H12O/c10-9-6-5-7-3-1-2-4-8(7)9/h4,7H,1-3,5-6H2/t7-/m0/s1. The van der Waals surface area contributed by atoms with Crippen molar-refractivity contribution in [1.29, 1.82) is 0 Å². The molecule has 10 heavy (non-hydrogen) atoms. The van der Waals surface area contributed by atoms with Crippen LogP contribution in [0.15, 0.2) is 11.6 Å². The molecule has 0 bridgehead atoms. The van der Waals surface area contributed by atoms with Crippen molar-refractivity contribution in [3.8, 4) is 0 Å². The highest BCUT2D eigenvalue weighted by atomic mass is 16.1. The zero-order valence-corrected chi connectivity index (χ0v) is 6.10. The van der Waals surface area contributed by atoms with Gasteiger partial charge in [0.15, 0.2) is 5.78 Å². The maximum atomic E-state index is 11.1. The number of allylic oxidation sites excluding steroid dienone is 2. The minimum atomic E-state index is 0.421. The molecule has 0 amide bonds. The van der Waals surface area contributed by atoms with Crippen molar-refractivity contribution in [3.05, 3.63) is 11.6 Å². The zero-order chi connectivity index (χ0) is 6.97. The van der Waals surface area contributed by atoms with Gasteiger partial charge in [-0.3, -0.25) is 4.79 Å². The molecule has 0 aromatic carbocycles. The first-order valence-corrected chi connectivity index (χ1v) is 4.11. The van der Waals surface area contributed by atoms with Gasteiger partial charge in [0.25, 0.3) is 0 Å². The normalized spacial score (nSPS) is 31.8. The summed E-state index contributed by atoms with van der Waals surface area (Å²) in [5.41, 5.74) is 1.16. The third-order valence-corrected chi connectivity index (χ3v) is 2.60. The summed E-state index contributed by atoms with van der Waals surface area (Å²) in [5, 5.41) is 0. The molecule has 0 unspecified atom stereocenters. The summed E-state index contributed by atoms with van der Waals surface area (Å²) >= 11 is 0. The molecule has 2 aliphatic carbocycles. The van der Waals surface area contributed by atoms with E-state index in [0.717, 1.165) is 24.8 Å². The lowest BCUT2D eigenvalue weighted by Crippen LogP contribution is -2.05. The first-order chi connectivity index (χ1) is 4.88. The van der Waals surface area contributed by atoms with Crippen LogP contribution < -0.4 is 0 Å². The Labute approximate surface area is 61.1 Å². The summed E-state index contributed by atoms with van der Waals surface area (Å²) in [6, 6.07) is 0. The molecule has 1 nitrogen and oxygen atoms in total. The predicted octanol–water partition coefficient (Wildman–Crippen LogP) is 2.08. The average Bonchev–Trinajstić information content (AvgIpc) is 2.34. The summed E-state index contributed by atoms with van der Waals surface area (Å²) in [6.07, 6.45) is 7.79. The van der Waals surface area contributed by atoms with Gasteiger partial charge in [-0.15, -0.1) is 0 Å². The van der Waals surface area contributed by atoms with E-state index >= 15 is 0 Å². The molecule has 1 saturated carbocycles. The van der Waals surface area contributed by atoms with Crippen molar-refractivity contribution >= 4 is 5.78 Å². The molecule has 0 spiro atoms. The highest BCUT2D eigenvalue weighted by Gasteiger charge is 2.29. The lowest BCUT2D eigenvalue weighted by molar-refractivity contribution is -0.114. The van der Waals surface area contributed by atoms with Crippen molar-refractivity contribution in [3.63, 3.8) is 0 Å². The van der Waals surface area contributed by atoms with Gasteiger partial charge in [0, 0.05) is 6.42 Å². The molecule has 0 aromatic heterocycles. The minimum Gasteiger partial charge on any atom is -0.295 e. The molecular weight excluding hydrogens is 124 g/mol. The third kappa shape index (κ3) is 0.808. The van der Waals surface area contributed by atoms with Gasteiger partial charge in [-0.05, 0) is 37.2 Å². The number of rotatable bonds is 0. The van der Waals surface area contributed by atoms with Gasteiger partial charge < -0.3 is 0 Å². The molecule has 0 N–H and O–H groups in total. The van der Waals surface area contributed by atoms with Crippen LogP contribution >= 0.6 is 0 Å². The van der Waals surface area contributed by atoms with Gasteiger partial charge in [0.2, 0.25) is 0 Å². The van der Waals surface area contributed by atoms with Crippen molar-refractivity contribution in [1.82, 2.24) is 0 Å². The fourth-order valence-corrected chi connectivity index (χ4v) is 2.03. The summed E-state index contributed by atoms with van der Waals surface area (Å²) in [5.74, 6) is 1.07. The molecule has 0 aliphatic heterocycles. The molecule has 2 aliphatic rings. The fourth-order valence-electron chi connectivity index (χ4n) is 2.03. The Morgan fingerprint density at radius 2 is 2.30 bits per heavy atom. The highest BCUT2D eigenvalue weighted by molar-refractivity contribution is 5.98. The van der Waals surface area contributed by atoms with Gasteiger partial charge >= 0.3 is 0 Å². The van der Waals surface area contributed by atoms with Gasteiger partial charge in [0.05, 0.1) is 0 Å². The Kier molecular flexibility index (Phi) is 1.37. The Morgan fingerprint density at radius 1 is 1.40 bits per heavy atom. The summed E-state index contributed by atoms with van der Waals surface area (Å²) in [4.78, 5) is 11.1. The van der Waals surface area contributed by atoms with Gasteiger partial charge in [-0.25, -0.2) is 0 Å². The largest absolute Gasteiger partial charge is 0.295 e. The van der Waals surface area contributed by atoms with Gasteiger partial charge in [-0.1, -0.05) is 6.08 Å². The molecule has 1 atom stereocenters. The van der Waals surface area contributed by atoms with Crippen molar-refractivity contribution in [2.45, 2.75) is 32.1 Å². The van der Waals surface area contributed by atoms with E-state index < -0.39 is 0 Å². The predicted molar refractivity (Wildman–Crippen MR) is 39.7 cm³/mol. The lowest BCUT2D eigenvalue weighted by atomic mass is 9.90. The quantitative estimate of drug-likeness (QED) is 0.498. The Bertz CT molecular complexity index is 191. The van der Waals surface area contributed by atoms with Crippen molar-refractivity contribution in [2.24, 2.45) is 5.92 Å². The molecule has 0 heterocycles. The second-order valence-electron chi connectivity index (χ2n) is 3.25. The molecule has 0 radical (unpaired) electrons. The third-order valence-electron chi connectivity index (χ3n) is 2.60. The van der Waals surface area contributed by atoms with Gasteiger partial charge in [-0.2, -0.15) is 0 Å². The Morgan fingerprint density at radius 3 is 3.10 bits per heavy atom. The van der Waals surface area contributed by atoms with Crippen LogP contribution in [0.3, 0.4) is 0 Å². The van der Waals surface area contributed by atoms with Crippen LogP contribution in [0.25, 0.3) is 0 Å². The molecule has 0 saturated heterocycles. The monoisotopic (exact) mass is 136 g/mol. The molecule has 54 valence electrons. The second kappa shape index (κ2) is 2.22. The van der Waals surface area contributed by atoms with Crippen LogP contribution in [0.5, 0.6) is 0 Å². The van der Waals surface area contributed by atoms with E-state index in [4.69, 9.17) is 0 Å². The van der Waals surface area contributed by atoms with Crippen LogP contribution in [-0.2, 0) is 4.79 Å². The zero-order valence-electron chi connectivity index (χ0n) is 6.10. The molecular formula is C9H12O. The van der Waals surface area contributed by atoms with Crippen LogP contribution in [-0.4, -0.2) is 5.78 Å². The minimum absolute atomic E-state index is 0.421. The van der Waals surface area contributed by atoms with Crippen LogP contribution in [0, 0.1) is 5.92 Å². The lowest BCUT2D eigenvalue weighted by Gasteiger charge is -2.14. The molecule has 0 aromatic rings. The van der Waals surface area contributed by atoms with Crippen LogP contribution in [0.1, 0.15) is 32.1 Å². The maximum Gasteiger partial charge on any atom is 0.158 e. The van der Waals surface area contributed by atoms with Crippen molar-refractivity contribution < 1.29 is 4.79 Å². The summed E-state index contributed by atoms with van der Waals surface area (Å²) in [7, 11) is 0. The first-order valence-electron chi connectivity index (χ1n) is 4.11. The number of hydrogen-bond donors (Lipinski definition) is 0. The van der Waals surface area contributed by atoms with E-state index in [1.165, 1.54) is 12.8 Å². The Hall–Kier alpha value is -0.590.